The predicted molar refractivity (Wildman–Crippen MR) is 74.7 cm³/mol. The van der Waals surface area contributed by atoms with Gasteiger partial charge in [0.15, 0.2) is 0 Å². The van der Waals surface area contributed by atoms with Crippen LogP contribution in [-0.4, -0.2) is 6.03 Å². The van der Waals surface area contributed by atoms with E-state index >= 15 is 0 Å². The first kappa shape index (κ1) is 12.0. The summed E-state index contributed by atoms with van der Waals surface area (Å²) in [5.74, 6) is 0. The number of nitrogen functional groups attached to an aromatic ring is 1. The average Bonchev–Trinajstić information content (AvgIpc) is 2.35. The van der Waals surface area contributed by atoms with E-state index in [0.717, 1.165) is 11.3 Å². The fourth-order valence-corrected chi connectivity index (χ4v) is 1.58. The molecule has 0 unspecified atom stereocenters. The quantitative estimate of drug-likeness (QED) is 0.707. The molecule has 0 atom stereocenters. The summed E-state index contributed by atoms with van der Waals surface area (Å²) >= 11 is 0. The maximum absolute atomic E-state index is 11.8. The van der Waals surface area contributed by atoms with Crippen LogP contribution in [0.2, 0.25) is 0 Å². The number of aryl methyl sites for hydroxylation is 1. The van der Waals surface area contributed by atoms with Crippen LogP contribution in [0.1, 0.15) is 5.56 Å². The van der Waals surface area contributed by atoms with Gasteiger partial charge in [0.05, 0.1) is 11.4 Å². The van der Waals surface area contributed by atoms with E-state index in [0.29, 0.717) is 11.4 Å². The Hall–Kier alpha value is -2.49. The van der Waals surface area contributed by atoms with Crippen LogP contribution in [0.25, 0.3) is 0 Å². The van der Waals surface area contributed by atoms with Gasteiger partial charge in [-0.25, -0.2) is 4.79 Å². The number of benzene rings is 2. The molecule has 0 heterocycles. The number of rotatable bonds is 2. The normalized spacial score (nSPS) is 9.83. The zero-order chi connectivity index (χ0) is 13.0. The second-order valence-electron chi connectivity index (χ2n) is 4.04. The number of carbonyl (C=O) groups is 1. The van der Waals surface area contributed by atoms with Crippen LogP contribution in [-0.2, 0) is 0 Å². The topological polar surface area (TPSA) is 67.1 Å². The number of nitrogens with two attached hydrogens (primary N) is 1. The molecule has 4 nitrogen and oxygen atoms in total. The molecule has 0 spiro atoms. The first-order valence-electron chi connectivity index (χ1n) is 5.64. The number of carbonyl (C=O) groups excluding carboxylic acids is 1. The Balaban J connectivity index is 2.05. The van der Waals surface area contributed by atoms with Gasteiger partial charge < -0.3 is 16.4 Å². The lowest BCUT2D eigenvalue weighted by Crippen LogP contribution is -2.20. The summed E-state index contributed by atoms with van der Waals surface area (Å²) in [5, 5.41) is 5.46. The number of nitrogens with one attached hydrogen (secondary N) is 2. The van der Waals surface area contributed by atoms with Gasteiger partial charge in [0.25, 0.3) is 0 Å². The molecular formula is C14H15N3O. The van der Waals surface area contributed by atoms with Crippen LogP contribution in [0.5, 0.6) is 0 Å². The maximum atomic E-state index is 11.8. The summed E-state index contributed by atoms with van der Waals surface area (Å²) in [7, 11) is 0. The summed E-state index contributed by atoms with van der Waals surface area (Å²) in [6.07, 6.45) is 0. The third-order valence-corrected chi connectivity index (χ3v) is 2.49. The Labute approximate surface area is 106 Å². The molecule has 0 aromatic heterocycles. The van der Waals surface area contributed by atoms with E-state index in [9.17, 15) is 4.79 Å². The van der Waals surface area contributed by atoms with Crippen molar-refractivity contribution in [3.63, 3.8) is 0 Å². The molecule has 2 aromatic rings. The lowest BCUT2D eigenvalue weighted by molar-refractivity contribution is 0.262. The van der Waals surface area contributed by atoms with Crippen molar-refractivity contribution in [2.24, 2.45) is 0 Å². The maximum Gasteiger partial charge on any atom is 0.323 e. The zero-order valence-electron chi connectivity index (χ0n) is 10.1. The second kappa shape index (κ2) is 5.23. The Bertz CT molecular complexity index is 552. The van der Waals surface area contributed by atoms with Crippen LogP contribution in [0, 0.1) is 6.92 Å². The largest absolute Gasteiger partial charge is 0.397 e. The third kappa shape index (κ3) is 3.01. The van der Waals surface area contributed by atoms with Crippen molar-refractivity contribution in [3.05, 3.63) is 54.1 Å². The van der Waals surface area contributed by atoms with Crippen molar-refractivity contribution >= 4 is 23.1 Å². The van der Waals surface area contributed by atoms with Gasteiger partial charge in [0.2, 0.25) is 0 Å². The summed E-state index contributed by atoms with van der Waals surface area (Å²) in [5.41, 5.74) is 8.73. The number of para-hydroxylation sites is 1. The van der Waals surface area contributed by atoms with Crippen LogP contribution < -0.4 is 16.4 Å². The molecule has 2 amide bonds. The Morgan fingerprint density at radius 2 is 1.78 bits per heavy atom. The smallest absolute Gasteiger partial charge is 0.323 e. The standard InChI is InChI=1S/C14H15N3O/c1-10-7-8-12(15)13(9-10)17-14(18)16-11-5-3-2-4-6-11/h2-9H,15H2,1H3,(H2,16,17,18). The van der Waals surface area contributed by atoms with Crippen molar-refractivity contribution in [2.45, 2.75) is 6.92 Å². The molecule has 0 aliphatic carbocycles. The Morgan fingerprint density at radius 3 is 2.50 bits per heavy atom. The minimum atomic E-state index is -0.307. The summed E-state index contributed by atoms with van der Waals surface area (Å²) in [6.45, 7) is 1.94. The van der Waals surface area contributed by atoms with Crippen molar-refractivity contribution < 1.29 is 4.79 Å². The van der Waals surface area contributed by atoms with E-state index in [1.54, 1.807) is 6.07 Å². The predicted octanol–water partition coefficient (Wildman–Crippen LogP) is 3.22. The van der Waals surface area contributed by atoms with E-state index in [-0.39, 0.29) is 6.03 Å². The molecule has 0 radical (unpaired) electrons. The Morgan fingerprint density at radius 1 is 1.06 bits per heavy atom. The van der Waals surface area contributed by atoms with E-state index < -0.39 is 0 Å². The number of urea groups is 1. The SMILES string of the molecule is Cc1ccc(N)c(NC(=O)Nc2ccccc2)c1. The fraction of sp³-hybridized carbons (Fsp3) is 0.0714. The number of amides is 2. The molecule has 0 saturated carbocycles. The highest BCUT2D eigenvalue weighted by atomic mass is 16.2. The number of hydrogen-bond donors (Lipinski definition) is 3. The monoisotopic (exact) mass is 241 g/mol. The molecule has 18 heavy (non-hydrogen) atoms. The van der Waals surface area contributed by atoms with Crippen LogP contribution in [0.3, 0.4) is 0 Å². The molecule has 0 bridgehead atoms. The molecule has 4 heteroatoms. The first-order chi connectivity index (χ1) is 8.65. The number of anilines is 3. The van der Waals surface area contributed by atoms with Crippen LogP contribution in [0.4, 0.5) is 21.9 Å². The summed E-state index contributed by atoms with van der Waals surface area (Å²) in [4.78, 5) is 11.8. The molecule has 2 aromatic carbocycles. The first-order valence-corrected chi connectivity index (χ1v) is 5.64. The molecule has 4 N–H and O–H groups in total. The molecule has 0 fully saturated rings. The highest BCUT2D eigenvalue weighted by Gasteiger charge is 2.05. The molecule has 0 saturated heterocycles. The lowest BCUT2D eigenvalue weighted by Gasteiger charge is -2.10. The van der Waals surface area contributed by atoms with E-state index in [1.165, 1.54) is 0 Å². The van der Waals surface area contributed by atoms with Gasteiger partial charge in [0.1, 0.15) is 0 Å². The van der Waals surface area contributed by atoms with Gasteiger partial charge in [0, 0.05) is 5.69 Å². The fourth-order valence-electron chi connectivity index (χ4n) is 1.58. The van der Waals surface area contributed by atoms with Crippen LogP contribution >= 0.6 is 0 Å². The summed E-state index contributed by atoms with van der Waals surface area (Å²) in [6, 6.07) is 14.4. The van der Waals surface area contributed by atoms with Gasteiger partial charge in [-0.15, -0.1) is 0 Å². The molecule has 92 valence electrons. The highest BCUT2D eigenvalue weighted by Crippen LogP contribution is 2.19. The van der Waals surface area contributed by atoms with Crippen LogP contribution in [0.15, 0.2) is 48.5 Å². The van der Waals surface area contributed by atoms with Crippen molar-refractivity contribution in [2.75, 3.05) is 16.4 Å². The van der Waals surface area contributed by atoms with Gasteiger partial charge in [-0.3, -0.25) is 0 Å². The average molecular weight is 241 g/mol. The third-order valence-electron chi connectivity index (χ3n) is 2.49. The minimum Gasteiger partial charge on any atom is -0.397 e. The van der Waals surface area contributed by atoms with Gasteiger partial charge in [-0.1, -0.05) is 24.3 Å². The molecule has 0 aliphatic rings. The second-order valence-corrected chi connectivity index (χ2v) is 4.04. The van der Waals surface area contributed by atoms with Gasteiger partial charge >= 0.3 is 6.03 Å². The van der Waals surface area contributed by atoms with Crippen molar-refractivity contribution in [3.8, 4) is 0 Å². The minimum absolute atomic E-state index is 0.307. The van der Waals surface area contributed by atoms with Gasteiger partial charge in [-0.05, 0) is 36.8 Å². The lowest BCUT2D eigenvalue weighted by atomic mass is 10.2. The van der Waals surface area contributed by atoms with Crippen molar-refractivity contribution in [1.82, 2.24) is 0 Å². The van der Waals surface area contributed by atoms with E-state index in [4.69, 9.17) is 5.73 Å². The van der Waals surface area contributed by atoms with E-state index in [1.807, 2.05) is 49.4 Å². The Kier molecular flexibility index (Phi) is 3.48. The zero-order valence-corrected chi connectivity index (χ0v) is 10.1. The summed E-state index contributed by atoms with van der Waals surface area (Å²) < 4.78 is 0. The number of hydrogen-bond acceptors (Lipinski definition) is 2. The van der Waals surface area contributed by atoms with Gasteiger partial charge in [-0.2, -0.15) is 0 Å². The molecule has 2 rings (SSSR count). The van der Waals surface area contributed by atoms with Crippen molar-refractivity contribution in [1.29, 1.82) is 0 Å². The molecular weight excluding hydrogens is 226 g/mol. The van der Waals surface area contributed by atoms with E-state index in [2.05, 4.69) is 10.6 Å². The highest BCUT2D eigenvalue weighted by molar-refractivity contribution is 6.01. The molecule has 0 aliphatic heterocycles.